The van der Waals surface area contributed by atoms with Gasteiger partial charge in [0.2, 0.25) is 5.91 Å². The van der Waals surface area contributed by atoms with Crippen molar-refractivity contribution in [2.24, 2.45) is 5.73 Å². The Kier molecular flexibility index (Phi) is 3.98. The first-order valence-electron chi connectivity index (χ1n) is 6.09. The zero-order valence-electron chi connectivity index (χ0n) is 9.93. The Morgan fingerprint density at radius 2 is 2.18 bits per heavy atom. The van der Waals surface area contributed by atoms with E-state index in [4.69, 9.17) is 5.73 Å². The molecule has 4 heteroatoms. The molecule has 1 amide bonds. The van der Waals surface area contributed by atoms with Gasteiger partial charge in [0.1, 0.15) is 0 Å². The van der Waals surface area contributed by atoms with Gasteiger partial charge < -0.3 is 16.0 Å². The number of carbonyl (C=O) groups excluding carboxylic acids is 1. The molecule has 2 rings (SSSR count). The van der Waals surface area contributed by atoms with Crippen molar-refractivity contribution in [1.29, 1.82) is 0 Å². The molecule has 3 N–H and O–H groups in total. The summed E-state index contributed by atoms with van der Waals surface area (Å²) >= 11 is 0. The van der Waals surface area contributed by atoms with Crippen LogP contribution in [0.4, 0.5) is 5.69 Å². The fraction of sp³-hybridized carbons (Fsp3) is 0.462. The number of hydrogen-bond donors (Lipinski definition) is 2. The van der Waals surface area contributed by atoms with E-state index >= 15 is 0 Å². The van der Waals surface area contributed by atoms with Crippen molar-refractivity contribution in [3.05, 3.63) is 30.3 Å². The highest BCUT2D eigenvalue weighted by atomic mass is 16.1. The van der Waals surface area contributed by atoms with Crippen molar-refractivity contribution < 1.29 is 4.79 Å². The van der Waals surface area contributed by atoms with E-state index in [-0.39, 0.29) is 18.5 Å². The van der Waals surface area contributed by atoms with E-state index in [1.165, 1.54) is 5.69 Å². The normalized spacial score (nSPS) is 20.1. The van der Waals surface area contributed by atoms with E-state index in [2.05, 4.69) is 22.3 Å². The number of nitrogens with zero attached hydrogens (tertiary/aromatic N) is 1. The van der Waals surface area contributed by atoms with Gasteiger partial charge in [-0.05, 0) is 25.0 Å². The van der Waals surface area contributed by atoms with E-state index in [1.54, 1.807) is 0 Å². The molecule has 0 saturated carbocycles. The Morgan fingerprint density at radius 1 is 1.41 bits per heavy atom. The molecule has 1 fully saturated rings. The van der Waals surface area contributed by atoms with Crippen LogP contribution in [-0.2, 0) is 4.79 Å². The Bertz CT molecular complexity index is 366. The molecule has 0 spiro atoms. The summed E-state index contributed by atoms with van der Waals surface area (Å²) in [5, 5.41) is 2.96. The maximum Gasteiger partial charge on any atom is 0.234 e. The monoisotopic (exact) mass is 233 g/mol. The van der Waals surface area contributed by atoms with Crippen molar-refractivity contribution in [2.45, 2.75) is 18.9 Å². The van der Waals surface area contributed by atoms with Crippen molar-refractivity contribution in [2.75, 3.05) is 24.5 Å². The Hall–Kier alpha value is -1.55. The molecule has 0 bridgehead atoms. The van der Waals surface area contributed by atoms with Crippen LogP contribution in [-0.4, -0.2) is 31.6 Å². The van der Waals surface area contributed by atoms with E-state index in [0.717, 1.165) is 25.9 Å². The molecule has 0 aromatic heterocycles. The van der Waals surface area contributed by atoms with Crippen molar-refractivity contribution in [3.63, 3.8) is 0 Å². The molecule has 1 aromatic carbocycles. The zero-order valence-corrected chi connectivity index (χ0v) is 9.93. The fourth-order valence-electron chi connectivity index (χ4n) is 2.25. The molecule has 4 nitrogen and oxygen atoms in total. The first kappa shape index (κ1) is 11.9. The number of hydrogen-bond acceptors (Lipinski definition) is 3. The second-order valence-corrected chi connectivity index (χ2v) is 4.39. The minimum Gasteiger partial charge on any atom is -0.369 e. The highest BCUT2D eigenvalue weighted by molar-refractivity contribution is 5.78. The third-order valence-electron chi connectivity index (χ3n) is 3.09. The molecule has 1 aromatic rings. The van der Waals surface area contributed by atoms with E-state index < -0.39 is 0 Å². The number of rotatable bonds is 3. The second-order valence-electron chi connectivity index (χ2n) is 4.39. The van der Waals surface area contributed by atoms with Crippen LogP contribution < -0.4 is 16.0 Å². The van der Waals surface area contributed by atoms with Gasteiger partial charge in [-0.3, -0.25) is 4.79 Å². The number of anilines is 1. The molecule has 1 aliphatic heterocycles. The van der Waals surface area contributed by atoms with E-state index in [0.29, 0.717) is 0 Å². The van der Waals surface area contributed by atoms with Crippen LogP contribution in [0.2, 0.25) is 0 Å². The minimum atomic E-state index is -0.0649. The van der Waals surface area contributed by atoms with Crippen LogP contribution in [0.15, 0.2) is 30.3 Å². The Balaban J connectivity index is 1.95. The average molecular weight is 233 g/mol. The number of para-hydroxylation sites is 1. The first-order valence-corrected chi connectivity index (χ1v) is 6.09. The largest absolute Gasteiger partial charge is 0.369 e. The van der Waals surface area contributed by atoms with Crippen molar-refractivity contribution >= 4 is 11.6 Å². The molecule has 1 atom stereocenters. The van der Waals surface area contributed by atoms with Gasteiger partial charge in [-0.1, -0.05) is 18.2 Å². The molecular weight excluding hydrogens is 214 g/mol. The van der Waals surface area contributed by atoms with Crippen molar-refractivity contribution in [3.8, 4) is 0 Å². The Labute approximate surface area is 102 Å². The third kappa shape index (κ3) is 3.20. The average Bonchev–Trinajstić information content (AvgIpc) is 2.40. The maximum absolute atomic E-state index is 11.3. The van der Waals surface area contributed by atoms with Gasteiger partial charge >= 0.3 is 0 Å². The molecule has 92 valence electrons. The lowest BCUT2D eigenvalue weighted by atomic mass is 10.0. The van der Waals surface area contributed by atoms with Gasteiger partial charge in [0.15, 0.2) is 0 Å². The SMILES string of the molecule is NCC(=O)NC1CCCN(c2ccccc2)C1. The smallest absolute Gasteiger partial charge is 0.234 e. The number of nitrogens with two attached hydrogens (primary N) is 1. The number of amides is 1. The summed E-state index contributed by atoms with van der Waals surface area (Å²) in [6.07, 6.45) is 2.14. The molecule has 17 heavy (non-hydrogen) atoms. The highest BCUT2D eigenvalue weighted by Crippen LogP contribution is 2.19. The lowest BCUT2D eigenvalue weighted by Gasteiger charge is -2.34. The van der Waals surface area contributed by atoms with Crippen LogP contribution in [0, 0.1) is 0 Å². The lowest BCUT2D eigenvalue weighted by molar-refractivity contribution is -0.120. The van der Waals surface area contributed by atoms with Gasteiger partial charge in [0, 0.05) is 24.8 Å². The molecule has 0 aliphatic carbocycles. The lowest BCUT2D eigenvalue weighted by Crippen LogP contribution is -2.49. The van der Waals surface area contributed by atoms with Gasteiger partial charge in [-0.25, -0.2) is 0 Å². The second kappa shape index (κ2) is 5.68. The summed E-state index contributed by atoms with van der Waals surface area (Å²) in [6, 6.07) is 10.5. The molecule has 1 heterocycles. The summed E-state index contributed by atoms with van der Waals surface area (Å²) in [5.41, 5.74) is 6.53. The topological polar surface area (TPSA) is 58.4 Å². The third-order valence-corrected chi connectivity index (χ3v) is 3.09. The Morgan fingerprint density at radius 3 is 2.88 bits per heavy atom. The zero-order chi connectivity index (χ0) is 12.1. The van der Waals surface area contributed by atoms with Crippen LogP contribution >= 0.6 is 0 Å². The van der Waals surface area contributed by atoms with Crippen LogP contribution in [0.1, 0.15) is 12.8 Å². The molecular formula is C13H19N3O. The first-order chi connectivity index (χ1) is 8.29. The summed E-state index contributed by atoms with van der Waals surface area (Å²) in [5.74, 6) is -0.0649. The van der Waals surface area contributed by atoms with Crippen LogP contribution in [0.25, 0.3) is 0 Å². The van der Waals surface area contributed by atoms with Crippen LogP contribution in [0.3, 0.4) is 0 Å². The quantitative estimate of drug-likeness (QED) is 0.809. The van der Waals surface area contributed by atoms with Gasteiger partial charge in [-0.2, -0.15) is 0 Å². The summed E-state index contributed by atoms with van der Waals surface area (Å²) in [6.45, 7) is 2.00. The summed E-state index contributed by atoms with van der Waals surface area (Å²) < 4.78 is 0. The summed E-state index contributed by atoms with van der Waals surface area (Å²) in [7, 11) is 0. The standard InChI is InChI=1S/C13H19N3O/c14-9-13(17)15-11-5-4-8-16(10-11)12-6-2-1-3-7-12/h1-3,6-7,11H,4-5,8-10,14H2,(H,15,17). The van der Waals surface area contributed by atoms with E-state index in [1.807, 2.05) is 18.2 Å². The molecule has 0 radical (unpaired) electrons. The predicted molar refractivity (Wildman–Crippen MR) is 68.9 cm³/mol. The van der Waals surface area contributed by atoms with Crippen LogP contribution in [0.5, 0.6) is 0 Å². The maximum atomic E-state index is 11.3. The molecule has 1 unspecified atom stereocenters. The molecule has 1 aliphatic rings. The summed E-state index contributed by atoms with van der Waals surface area (Å²) in [4.78, 5) is 13.6. The van der Waals surface area contributed by atoms with Gasteiger partial charge in [0.05, 0.1) is 6.54 Å². The molecule has 1 saturated heterocycles. The number of benzene rings is 1. The van der Waals surface area contributed by atoms with E-state index in [9.17, 15) is 4.79 Å². The number of carbonyl (C=O) groups is 1. The number of piperidine rings is 1. The fourth-order valence-corrected chi connectivity index (χ4v) is 2.25. The number of nitrogens with one attached hydrogen (secondary N) is 1. The van der Waals surface area contributed by atoms with Gasteiger partial charge in [-0.15, -0.1) is 0 Å². The van der Waals surface area contributed by atoms with Crippen molar-refractivity contribution in [1.82, 2.24) is 5.32 Å². The van der Waals surface area contributed by atoms with Gasteiger partial charge in [0.25, 0.3) is 0 Å². The highest BCUT2D eigenvalue weighted by Gasteiger charge is 2.20. The minimum absolute atomic E-state index is 0.0649. The predicted octanol–water partition coefficient (Wildman–Crippen LogP) is 0.730.